The minimum Gasteiger partial charge on any atom is -0.334 e. The second kappa shape index (κ2) is 5.86. The fourth-order valence-electron chi connectivity index (χ4n) is 1.62. The average molecular weight is 244 g/mol. The van der Waals surface area contributed by atoms with Crippen molar-refractivity contribution in [2.24, 2.45) is 0 Å². The number of hydrogen-bond donors (Lipinski definition) is 3. The fraction of sp³-hybridized carbons (Fsp3) is 0.231. The van der Waals surface area contributed by atoms with Crippen molar-refractivity contribution >= 4 is 11.8 Å². The zero-order valence-electron chi connectivity index (χ0n) is 10.2. The number of carbonyl (C=O) groups is 1. The molecule has 0 saturated heterocycles. The van der Waals surface area contributed by atoms with Crippen LogP contribution in [0.2, 0.25) is 0 Å². The van der Waals surface area contributed by atoms with Gasteiger partial charge in [0.2, 0.25) is 0 Å². The molecule has 0 aliphatic carbocycles. The van der Waals surface area contributed by atoms with Gasteiger partial charge < -0.3 is 5.32 Å². The van der Waals surface area contributed by atoms with Gasteiger partial charge in [-0.25, -0.2) is 4.79 Å². The van der Waals surface area contributed by atoms with E-state index in [9.17, 15) is 4.79 Å². The maximum Gasteiger partial charge on any atom is 0.320 e. The van der Waals surface area contributed by atoms with Gasteiger partial charge in [0, 0.05) is 12.1 Å². The second-order valence-corrected chi connectivity index (χ2v) is 3.92. The number of aryl methyl sites for hydroxylation is 1. The number of H-pyrrole nitrogens is 1. The van der Waals surface area contributed by atoms with Gasteiger partial charge in [0.15, 0.2) is 0 Å². The zero-order chi connectivity index (χ0) is 12.8. The molecule has 0 aliphatic heterocycles. The second-order valence-electron chi connectivity index (χ2n) is 3.92. The molecule has 0 saturated carbocycles. The van der Waals surface area contributed by atoms with Crippen LogP contribution in [0.1, 0.15) is 18.1 Å². The molecule has 1 aromatic carbocycles. The summed E-state index contributed by atoms with van der Waals surface area (Å²) in [6.45, 7) is 2.51. The molecule has 0 bridgehead atoms. The summed E-state index contributed by atoms with van der Waals surface area (Å²) in [7, 11) is 0. The maximum absolute atomic E-state index is 11.7. The summed E-state index contributed by atoms with van der Waals surface area (Å²) >= 11 is 0. The third-order valence-corrected chi connectivity index (χ3v) is 2.63. The van der Waals surface area contributed by atoms with E-state index in [1.807, 2.05) is 37.3 Å². The Hall–Kier alpha value is -2.30. The first-order chi connectivity index (χ1) is 8.79. The van der Waals surface area contributed by atoms with Crippen LogP contribution in [-0.2, 0) is 13.0 Å². The number of anilines is 1. The van der Waals surface area contributed by atoms with Crippen molar-refractivity contribution < 1.29 is 4.79 Å². The molecule has 0 spiro atoms. The standard InChI is InChI=1S/C13H16N4O/c1-2-11-9-15-17-12(11)16-13(18)14-8-10-6-4-3-5-7-10/h3-7,9H,2,8H2,1H3,(H3,14,15,16,17,18). The van der Waals surface area contributed by atoms with Crippen LogP contribution in [0, 0.1) is 0 Å². The molecule has 0 aliphatic rings. The number of aromatic amines is 1. The highest BCUT2D eigenvalue weighted by Crippen LogP contribution is 2.10. The number of rotatable bonds is 4. The zero-order valence-corrected chi connectivity index (χ0v) is 10.2. The lowest BCUT2D eigenvalue weighted by Gasteiger charge is -2.07. The summed E-state index contributed by atoms with van der Waals surface area (Å²) in [5, 5.41) is 12.2. The molecule has 0 atom stereocenters. The average Bonchev–Trinajstić information content (AvgIpc) is 2.85. The maximum atomic E-state index is 11.7. The first kappa shape index (κ1) is 12.2. The summed E-state index contributed by atoms with van der Waals surface area (Å²) < 4.78 is 0. The van der Waals surface area contributed by atoms with Crippen molar-refractivity contribution in [3.63, 3.8) is 0 Å². The first-order valence-electron chi connectivity index (χ1n) is 5.90. The van der Waals surface area contributed by atoms with E-state index in [1.54, 1.807) is 6.20 Å². The van der Waals surface area contributed by atoms with Crippen molar-refractivity contribution in [3.8, 4) is 0 Å². The number of urea groups is 1. The highest BCUT2D eigenvalue weighted by atomic mass is 16.2. The Balaban J connectivity index is 1.86. The highest BCUT2D eigenvalue weighted by Gasteiger charge is 2.06. The Bertz CT molecular complexity index is 507. The van der Waals surface area contributed by atoms with Crippen molar-refractivity contribution in [2.75, 3.05) is 5.32 Å². The monoisotopic (exact) mass is 244 g/mol. The molecule has 0 fully saturated rings. The molecule has 2 rings (SSSR count). The number of benzene rings is 1. The first-order valence-corrected chi connectivity index (χ1v) is 5.90. The molecule has 2 aromatic rings. The normalized spacial score (nSPS) is 10.1. The van der Waals surface area contributed by atoms with E-state index in [4.69, 9.17) is 0 Å². The largest absolute Gasteiger partial charge is 0.334 e. The molecule has 1 aromatic heterocycles. The fourth-order valence-corrected chi connectivity index (χ4v) is 1.62. The SMILES string of the molecule is CCc1cn[nH]c1NC(=O)NCc1ccccc1. The number of nitrogens with one attached hydrogen (secondary N) is 3. The minimum atomic E-state index is -0.238. The highest BCUT2D eigenvalue weighted by molar-refractivity contribution is 5.88. The van der Waals surface area contributed by atoms with Crippen LogP contribution in [0.4, 0.5) is 10.6 Å². The lowest BCUT2D eigenvalue weighted by atomic mass is 10.2. The summed E-state index contributed by atoms with van der Waals surface area (Å²) in [5.74, 6) is 0.656. The topological polar surface area (TPSA) is 69.8 Å². The van der Waals surface area contributed by atoms with Crippen molar-refractivity contribution in [1.82, 2.24) is 15.5 Å². The third kappa shape index (κ3) is 3.10. The molecule has 5 heteroatoms. The molecular weight excluding hydrogens is 228 g/mol. The van der Waals surface area contributed by atoms with Gasteiger partial charge in [0.1, 0.15) is 5.82 Å². The minimum absolute atomic E-state index is 0.238. The third-order valence-electron chi connectivity index (χ3n) is 2.63. The Labute approximate surface area is 106 Å². The number of carbonyl (C=O) groups excluding carboxylic acids is 1. The molecule has 5 nitrogen and oxygen atoms in total. The van der Waals surface area contributed by atoms with E-state index < -0.39 is 0 Å². The lowest BCUT2D eigenvalue weighted by molar-refractivity contribution is 0.251. The van der Waals surface area contributed by atoms with Gasteiger partial charge >= 0.3 is 6.03 Å². The summed E-state index contributed by atoms with van der Waals surface area (Å²) in [5.41, 5.74) is 2.05. The van der Waals surface area contributed by atoms with E-state index in [-0.39, 0.29) is 6.03 Å². The van der Waals surface area contributed by atoms with E-state index in [1.165, 1.54) is 0 Å². The number of hydrogen-bond acceptors (Lipinski definition) is 2. The van der Waals surface area contributed by atoms with Gasteiger partial charge in [-0.05, 0) is 12.0 Å². The van der Waals surface area contributed by atoms with Gasteiger partial charge in [0.05, 0.1) is 6.20 Å². The van der Waals surface area contributed by atoms with Crippen LogP contribution in [0.5, 0.6) is 0 Å². The quantitative estimate of drug-likeness (QED) is 0.772. The molecule has 18 heavy (non-hydrogen) atoms. The number of nitrogens with zero attached hydrogens (tertiary/aromatic N) is 1. The van der Waals surface area contributed by atoms with Crippen LogP contribution in [0.3, 0.4) is 0 Å². The predicted molar refractivity (Wildman–Crippen MR) is 70.3 cm³/mol. The molecular formula is C13H16N4O. The van der Waals surface area contributed by atoms with Crippen molar-refractivity contribution in [2.45, 2.75) is 19.9 Å². The predicted octanol–water partition coefficient (Wildman–Crippen LogP) is 2.29. The van der Waals surface area contributed by atoms with Gasteiger partial charge in [0.25, 0.3) is 0 Å². The smallest absolute Gasteiger partial charge is 0.320 e. The van der Waals surface area contributed by atoms with Crippen LogP contribution >= 0.6 is 0 Å². The van der Waals surface area contributed by atoms with Crippen LogP contribution in [0.25, 0.3) is 0 Å². The molecule has 3 N–H and O–H groups in total. The van der Waals surface area contributed by atoms with Crippen LogP contribution < -0.4 is 10.6 Å². The summed E-state index contributed by atoms with van der Waals surface area (Å²) in [4.78, 5) is 11.7. The van der Waals surface area contributed by atoms with E-state index >= 15 is 0 Å². The van der Waals surface area contributed by atoms with Crippen molar-refractivity contribution in [1.29, 1.82) is 0 Å². The van der Waals surface area contributed by atoms with Gasteiger partial charge in [-0.3, -0.25) is 10.4 Å². The van der Waals surface area contributed by atoms with E-state index in [0.717, 1.165) is 17.5 Å². The molecule has 0 radical (unpaired) electrons. The van der Waals surface area contributed by atoms with E-state index in [2.05, 4.69) is 20.8 Å². The van der Waals surface area contributed by atoms with Gasteiger partial charge in [-0.1, -0.05) is 37.3 Å². The Morgan fingerprint density at radius 1 is 1.33 bits per heavy atom. The number of amides is 2. The summed E-state index contributed by atoms with van der Waals surface area (Å²) in [6.07, 6.45) is 2.54. The molecule has 2 amide bonds. The molecule has 0 unspecified atom stereocenters. The van der Waals surface area contributed by atoms with Gasteiger partial charge in [-0.15, -0.1) is 0 Å². The van der Waals surface area contributed by atoms with Gasteiger partial charge in [-0.2, -0.15) is 5.10 Å². The Kier molecular flexibility index (Phi) is 3.96. The van der Waals surface area contributed by atoms with Crippen LogP contribution in [0.15, 0.2) is 36.5 Å². The Morgan fingerprint density at radius 2 is 2.11 bits per heavy atom. The lowest BCUT2D eigenvalue weighted by Crippen LogP contribution is -2.28. The van der Waals surface area contributed by atoms with Crippen molar-refractivity contribution in [3.05, 3.63) is 47.7 Å². The van der Waals surface area contributed by atoms with E-state index in [0.29, 0.717) is 12.4 Å². The number of aromatic nitrogens is 2. The molecule has 94 valence electrons. The van der Waals surface area contributed by atoms with Crippen LogP contribution in [-0.4, -0.2) is 16.2 Å². The summed E-state index contributed by atoms with van der Waals surface area (Å²) in [6, 6.07) is 9.53. The Morgan fingerprint density at radius 3 is 2.83 bits per heavy atom. The molecule has 1 heterocycles.